The van der Waals surface area contributed by atoms with Gasteiger partial charge < -0.3 is 25.2 Å². The van der Waals surface area contributed by atoms with Crippen LogP contribution in [0.1, 0.15) is 12.0 Å². The minimum Gasteiger partial charge on any atom is -0.486 e. The molecule has 1 aromatic rings. The SMILES string of the molecule is O=C(O)CCNC(=O)NCCc1cc(Cl)c2c(c1)OCCO2. The van der Waals surface area contributed by atoms with Gasteiger partial charge in [0.05, 0.1) is 11.4 Å². The van der Waals surface area contributed by atoms with E-state index in [0.717, 1.165) is 5.56 Å². The van der Waals surface area contributed by atoms with E-state index in [-0.39, 0.29) is 13.0 Å². The zero-order chi connectivity index (χ0) is 15.9. The molecule has 22 heavy (non-hydrogen) atoms. The highest BCUT2D eigenvalue weighted by Crippen LogP contribution is 2.38. The Hall–Kier alpha value is -2.15. The Labute approximate surface area is 132 Å². The molecule has 1 heterocycles. The Morgan fingerprint density at radius 2 is 1.91 bits per heavy atom. The molecule has 0 aliphatic carbocycles. The molecular weight excluding hydrogens is 312 g/mol. The standard InChI is InChI=1S/C14H17ClN2O5/c15-10-7-9(8-11-13(10)22-6-5-21-11)1-3-16-14(20)17-4-2-12(18)19/h7-8H,1-6H2,(H,18,19)(H2,16,17,20). The zero-order valence-corrected chi connectivity index (χ0v) is 12.6. The van der Waals surface area contributed by atoms with E-state index < -0.39 is 12.0 Å². The van der Waals surface area contributed by atoms with Crippen molar-refractivity contribution in [3.63, 3.8) is 0 Å². The third-order valence-electron chi connectivity index (χ3n) is 2.98. The van der Waals surface area contributed by atoms with E-state index in [1.807, 2.05) is 6.07 Å². The maximum atomic E-state index is 11.4. The number of ether oxygens (including phenoxy) is 2. The van der Waals surface area contributed by atoms with Crippen LogP contribution in [-0.2, 0) is 11.2 Å². The average molecular weight is 329 g/mol. The van der Waals surface area contributed by atoms with Gasteiger partial charge in [0, 0.05) is 13.1 Å². The van der Waals surface area contributed by atoms with Crippen molar-refractivity contribution in [2.75, 3.05) is 26.3 Å². The molecule has 0 radical (unpaired) electrons. The lowest BCUT2D eigenvalue weighted by molar-refractivity contribution is -0.136. The lowest BCUT2D eigenvalue weighted by atomic mass is 10.1. The molecule has 7 nitrogen and oxygen atoms in total. The third-order valence-corrected chi connectivity index (χ3v) is 3.26. The van der Waals surface area contributed by atoms with Gasteiger partial charge in [-0.05, 0) is 24.1 Å². The highest BCUT2D eigenvalue weighted by atomic mass is 35.5. The topological polar surface area (TPSA) is 96.9 Å². The summed E-state index contributed by atoms with van der Waals surface area (Å²) in [4.78, 5) is 21.8. The molecule has 0 bridgehead atoms. The second kappa shape index (κ2) is 7.74. The second-order valence-electron chi connectivity index (χ2n) is 4.68. The monoisotopic (exact) mass is 328 g/mol. The molecule has 0 fully saturated rings. The Kier molecular flexibility index (Phi) is 5.71. The number of rotatable bonds is 6. The van der Waals surface area contributed by atoms with E-state index in [1.165, 1.54) is 0 Å². The van der Waals surface area contributed by atoms with Crippen LogP contribution in [0, 0.1) is 0 Å². The molecule has 0 spiro atoms. The summed E-state index contributed by atoms with van der Waals surface area (Å²) in [6.45, 7) is 1.45. The number of carbonyl (C=O) groups excluding carboxylic acids is 1. The molecule has 2 rings (SSSR count). The Bertz CT molecular complexity index is 564. The van der Waals surface area contributed by atoms with E-state index in [9.17, 15) is 9.59 Å². The van der Waals surface area contributed by atoms with Crippen molar-refractivity contribution in [2.45, 2.75) is 12.8 Å². The number of urea groups is 1. The number of hydrogen-bond donors (Lipinski definition) is 3. The number of benzene rings is 1. The summed E-state index contributed by atoms with van der Waals surface area (Å²) in [5.41, 5.74) is 0.917. The van der Waals surface area contributed by atoms with E-state index >= 15 is 0 Å². The molecule has 1 aliphatic rings. The molecule has 8 heteroatoms. The summed E-state index contributed by atoms with van der Waals surface area (Å²) in [5, 5.41) is 14.1. The number of carboxylic acids is 1. The summed E-state index contributed by atoms with van der Waals surface area (Å²) < 4.78 is 10.9. The number of carbonyl (C=O) groups is 2. The van der Waals surface area contributed by atoms with Crippen LogP contribution in [0.15, 0.2) is 12.1 Å². The van der Waals surface area contributed by atoms with E-state index in [2.05, 4.69) is 10.6 Å². The summed E-state index contributed by atoms with van der Waals surface area (Å²) in [6.07, 6.45) is 0.466. The normalized spacial score (nSPS) is 12.6. The predicted molar refractivity (Wildman–Crippen MR) is 79.8 cm³/mol. The first-order valence-corrected chi connectivity index (χ1v) is 7.25. The molecule has 0 saturated heterocycles. The van der Waals surface area contributed by atoms with Crippen molar-refractivity contribution in [3.8, 4) is 11.5 Å². The van der Waals surface area contributed by atoms with Gasteiger partial charge in [-0.1, -0.05) is 11.6 Å². The summed E-state index contributed by atoms with van der Waals surface area (Å²) >= 11 is 6.13. The van der Waals surface area contributed by atoms with Gasteiger partial charge in [-0.25, -0.2) is 4.79 Å². The predicted octanol–water partition coefficient (Wildman–Crippen LogP) is 1.43. The maximum Gasteiger partial charge on any atom is 0.314 e. The number of amides is 2. The van der Waals surface area contributed by atoms with E-state index in [4.69, 9.17) is 26.2 Å². The Balaban J connectivity index is 1.78. The van der Waals surface area contributed by atoms with Crippen LogP contribution < -0.4 is 20.1 Å². The van der Waals surface area contributed by atoms with Gasteiger partial charge >= 0.3 is 12.0 Å². The maximum absolute atomic E-state index is 11.4. The average Bonchev–Trinajstić information content (AvgIpc) is 2.47. The van der Waals surface area contributed by atoms with Gasteiger partial charge in [0.1, 0.15) is 13.2 Å². The van der Waals surface area contributed by atoms with E-state index in [1.54, 1.807) is 6.07 Å². The smallest absolute Gasteiger partial charge is 0.314 e. The summed E-state index contributed by atoms with van der Waals surface area (Å²) in [6, 6.07) is 3.22. The van der Waals surface area contributed by atoms with Gasteiger partial charge in [-0.15, -0.1) is 0 Å². The fraction of sp³-hybridized carbons (Fsp3) is 0.429. The first-order chi connectivity index (χ1) is 10.6. The van der Waals surface area contributed by atoms with Crippen molar-refractivity contribution >= 4 is 23.6 Å². The minimum absolute atomic E-state index is 0.0943. The largest absolute Gasteiger partial charge is 0.486 e. The van der Waals surface area contributed by atoms with Crippen molar-refractivity contribution in [3.05, 3.63) is 22.7 Å². The number of fused-ring (bicyclic) bond motifs is 1. The molecule has 1 aromatic carbocycles. The van der Waals surface area contributed by atoms with Crippen LogP contribution in [0.3, 0.4) is 0 Å². The highest BCUT2D eigenvalue weighted by Gasteiger charge is 2.16. The minimum atomic E-state index is -0.953. The quantitative estimate of drug-likeness (QED) is 0.734. The lowest BCUT2D eigenvalue weighted by Crippen LogP contribution is -2.37. The van der Waals surface area contributed by atoms with Crippen LogP contribution in [-0.4, -0.2) is 43.4 Å². The fourth-order valence-electron chi connectivity index (χ4n) is 1.97. The van der Waals surface area contributed by atoms with Crippen LogP contribution in [0.5, 0.6) is 11.5 Å². The van der Waals surface area contributed by atoms with Crippen LogP contribution in [0.25, 0.3) is 0 Å². The van der Waals surface area contributed by atoms with Gasteiger partial charge in [0.2, 0.25) is 0 Å². The first-order valence-electron chi connectivity index (χ1n) is 6.88. The van der Waals surface area contributed by atoms with Crippen LogP contribution in [0.2, 0.25) is 5.02 Å². The van der Waals surface area contributed by atoms with E-state index in [0.29, 0.717) is 42.7 Å². The Morgan fingerprint density at radius 3 is 2.68 bits per heavy atom. The second-order valence-corrected chi connectivity index (χ2v) is 5.09. The first kappa shape index (κ1) is 16.2. The van der Waals surface area contributed by atoms with Crippen molar-refractivity contribution in [1.82, 2.24) is 10.6 Å². The highest BCUT2D eigenvalue weighted by molar-refractivity contribution is 6.32. The fourth-order valence-corrected chi connectivity index (χ4v) is 2.26. The van der Waals surface area contributed by atoms with Gasteiger partial charge in [0.25, 0.3) is 0 Å². The molecule has 0 saturated carbocycles. The van der Waals surface area contributed by atoms with Crippen molar-refractivity contribution < 1.29 is 24.2 Å². The van der Waals surface area contributed by atoms with Crippen LogP contribution >= 0.6 is 11.6 Å². The number of nitrogens with one attached hydrogen (secondary N) is 2. The molecular formula is C14H17ClN2O5. The molecule has 0 atom stereocenters. The Morgan fingerprint density at radius 1 is 1.18 bits per heavy atom. The molecule has 3 N–H and O–H groups in total. The number of halogens is 1. The molecule has 0 aromatic heterocycles. The molecule has 0 unspecified atom stereocenters. The van der Waals surface area contributed by atoms with Crippen molar-refractivity contribution in [2.24, 2.45) is 0 Å². The zero-order valence-electron chi connectivity index (χ0n) is 11.9. The third kappa shape index (κ3) is 4.70. The molecule has 120 valence electrons. The molecule has 1 aliphatic heterocycles. The number of hydrogen-bond acceptors (Lipinski definition) is 4. The molecule has 2 amide bonds. The lowest BCUT2D eigenvalue weighted by Gasteiger charge is -2.20. The van der Waals surface area contributed by atoms with Gasteiger partial charge in [-0.2, -0.15) is 0 Å². The number of carboxylic acid groups (broad SMARTS) is 1. The number of aliphatic carboxylic acids is 1. The van der Waals surface area contributed by atoms with Gasteiger partial charge in [0.15, 0.2) is 11.5 Å². The summed E-state index contributed by atoms with van der Waals surface area (Å²) in [5.74, 6) is 0.210. The summed E-state index contributed by atoms with van der Waals surface area (Å²) in [7, 11) is 0. The van der Waals surface area contributed by atoms with Crippen molar-refractivity contribution in [1.29, 1.82) is 0 Å². The van der Waals surface area contributed by atoms with Crippen LogP contribution in [0.4, 0.5) is 4.79 Å². The van der Waals surface area contributed by atoms with Gasteiger partial charge in [-0.3, -0.25) is 4.79 Å².